The van der Waals surface area contributed by atoms with Crippen LogP contribution in [0.15, 0.2) is 27.5 Å². The lowest BCUT2D eigenvalue weighted by molar-refractivity contribution is -0.139. The molecule has 120 valence electrons. The molecule has 4 nitrogen and oxygen atoms in total. The van der Waals surface area contributed by atoms with Crippen molar-refractivity contribution in [2.24, 2.45) is 0 Å². The lowest BCUT2D eigenvalue weighted by Gasteiger charge is -2.35. The van der Waals surface area contributed by atoms with Gasteiger partial charge in [-0.05, 0) is 41.6 Å². The van der Waals surface area contributed by atoms with Crippen molar-refractivity contribution in [1.29, 1.82) is 0 Å². The molecule has 0 radical (unpaired) electrons. The number of hydrogen-bond donors (Lipinski definition) is 2. The number of carbonyl (C=O) groups excluding carboxylic acids is 1. The van der Waals surface area contributed by atoms with Crippen LogP contribution in [0.2, 0.25) is 0 Å². The van der Waals surface area contributed by atoms with Crippen molar-refractivity contribution < 1.29 is 27.5 Å². The molecule has 1 heterocycles. The highest BCUT2D eigenvalue weighted by Gasteiger charge is 2.36. The van der Waals surface area contributed by atoms with Crippen LogP contribution in [-0.4, -0.2) is 22.3 Å². The zero-order valence-corrected chi connectivity index (χ0v) is 13.4. The van der Waals surface area contributed by atoms with Crippen LogP contribution in [0.4, 0.5) is 17.6 Å². The standard InChI is InChI=1S/C13H11F4IN2O2/c1-6-10(18)11(21)19-12(22)20(6)5-7-8(13(15,16)17)3-2-4-9(7)14/h2-4,12,22H,5H2,1H3,(H,19,21). The third-order valence-electron chi connectivity index (χ3n) is 3.26. The summed E-state index contributed by atoms with van der Waals surface area (Å²) < 4.78 is 53.0. The van der Waals surface area contributed by atoms with Crippen LogP contribution in [0, 0.1) is 5.82 Å². The molecule has 1 atom stereocenters. The highest BCUT2D eigenvalue weighted by Crippen LogP contribution is 2.35. The van der Waals surface area contributed by atoms with Crippen LogP contribution >= 0.6 is 22.6 Å². The summed E-state index contributed by atoms with van der Waals surface area (Å²) in [5, 5.41) is 12.0. The van der Waals surface area contributed by atoms with Gasteiger partial charge < -0.3 is 15.3 Å². The van der Waals surface area contributed by atoms with E-state index >= 15 is 0 Å². The van der Waals surface area contributed by atoms with Gasteiger partial charge in [-0.1, -0.05) is 6.07 Å². The SMILES string of the molecule is CC1=C(I)C(=O)NC(O)N1Cc1c(F)cccc1C(F)(F)F. The third kappa shape index (κ3) is 3.19. The Morgan fingerprint density at radius 1 is 1.41 bits per heavy atom. The number of aliphatic hydroxyl groups is 1. The number of nitrogens with zero attached hydrogens (tertiary/aromatic N) is 1. The Kier molecular flexibility index (Phi) is 4.66. The molecule has 0 saturated carbocycles. The topological polar surface area (TPSA) is 52.6 Å². The van der Waals surface area contributed by atoms with Gasteiger partial charge in [-0.3, -0.25) is 4.79 Å². The van der Waals surface area contributed by atoms with E-state index in [0.717, 1.165) is 23.1 Å². The number of amides is 1. The Bertz CT molecular complexity index is 645. The summed E-state index contributed by atoms with van der Waals surface area (Å²) in [6.45, 7) is 0.944. The molecule has 1 aliphatic heterocycles. The summed E-state index contributed by atoms with van der Waals surface area (Å²) in [6, 6.07) is 2.67. The summed E-state index contributed by atoms with van der Waals surface area (Å²) >= 11 is 1.71. The number of allylic oxidation sites excluding steroid dienone is 1. The molecular weight excluding hydrogens is 419 g/mol. The summed E-state index contributed by atoms with van der Waals surface area (Å²) in [7, 11) is 0. The fourth-order valence-electron chi connectivity index (χ4n) is 2.09. The first kappa shape index (κ1) is 17.0. The number of nitrogens with one attached hydrogen (secondary N) is 1. The summed E-state index contributed by atoms with van der Waals surface area (Å²) in [5.41, 5.74) is -1.43. The number of benzene rings is 1. The first-order valence-corrected chi connectivity index (χ1v) is 7.17. The third-order valence-corrected chi connectivity index (χ3v) is 4.53. The van der Waals surface area contributed by atoms with E-state index in [1.54, 1.807) is 22.6 Å². The Balaban J connectivity index is 2.45. The first-order valence-electron chi connectivity index (χ1n) is 6.09. The van der Waals surface area contributed by atoms with Gasteiger partial charge in [-0.2, -0.15) is 13.2 Å². The molecular formula is C13H11F4IN2O2. The maximum atomic E-state index is 13.8. The molecule has 1 aromatic rings. The number of hydrogen-bond acceptors (Lipinski definition) is 3. The van der Waals surface area contributed by atoms with Crippen molar-refractivity contribution in [2.45, 2.75) is 26.0 Å². The number of alkyl halides is 3. The zero-order chi connectivity index (χ0) is 16.7. The Morgan fingerprint density at radius 2 is 2.05 bits per heavy atom. The van der Waals surface area contributed by atoms with Crippen molar-refractivity contribution >= 4 is 28.5 Å². The van der Waals surface area contributed by atoms with Gasteiger partial charge in [0.05, 0.1) is 15.7 Å². The number of carbonyl (C=O) groups is 1. The monoisotopic (exact) mass is 430 g/mol. The molecule has 0 aliphatic carbocycles. The molecule has 0 bridgehead atoms. The van der Waals surface area contributed by atoms with Crippen molar-refractivity contribution in [1.82, 2.24) is 10.2 Å². The number of rotatable bonds is 2. The molecule has 0 fully saturated rings. The molecule has 22 heavy (non-hydrogen) atoms. The molecule has 1 aromatic carbocycles. The lowest BCUT2D eigenvalue weighted by atomic mass is 10.1. The van der Waals surface area contributed by atoms with E-state index < -0.39 is 41.9 Å². The predicted molar refractivity (Wildman–Crippen MR) is 77.8 cm³/mol. The summed E-state index contributed by atoms with van der Waals surface area (Å²) in [6.07, 6.45) is -6.24. The minimum Gasteiger partial charge on any atom is -0.356 e. The zero-order valence-electron chi connectivity index (χ0n) is 11.2. The maximum absolute atomic E-state index is 13.8. The fraction of sp³-hybridized carbons (Fsp3) is 0.308. The highest BCUT2D eigenvalue weighted by molar-refractivity contribution is 14.1. The van der Waals surface area contributed by atoms with E-state index in [4.69, 9.17) is 0 Å². The van der Waals surface area contributed by atoms with E-state index in [0.29, 0.717) is 0 Å². The van der Waals surface area contributed by atoms with Gasteiger partial charge in [0.2, 0.25) is 6.35 Å². The van der Waals surface area contributed by atoms with Crippen LogP contribution in [0.3, 0.4) is 0 Å². The minimum absolute atomic E-state index is 0.216. The molecule has 0 spiro atoms. The fourth-order valence-corrected chi connectivity index (χ4v) is 2.56. The van der Waals surface area contributed by atoms with Gasteiger partial charge >= 0.3 is 6.18 Å². The van der Waals surface area contributed by atoms with Gasteiger partial charge in [0.1, 0.15) is 5.82 Å². The van der Waals surface area contributed by atoms with Crippen LogP contribution in [0.5, 0.6) is 0 Å². The molecule has 2 N–H and O–H groups in total. The quantitative estimate of drug-likeness (QED) is 0.561. The number of halogens is 5. The normalized spacial score (nSPS) is 19.5. The maximum Gasteiger partial charge on any atom is 0.416 e. The van der Waals surface area contributed by atoms with Crippen molar-refractivity contribution in [3.63, 3.8) is 0 Å². The smallest absolute Gasteiger partial charge is 0.356 e. The van der Waals surface area contributed by atoms with E-state index in [-0.39, 0.29) is 9.28 Å². The molecule has 2 rings (SSSR count). The average Bonchev–Trinajstić information content (AvgIpc) is 2.41. The second-order valence-corrected chi connectivity index (χ2v) is 5.72. The Hall–Kier alpha value is -1.36. The second kappa shape index (κ2) is 6.03. The van der Waals surface area contributed by atoms with Gasteiger partial charge in [0.15, 0.2) is 0 Å². The van der Waals surface area contributed by atoms with Gasteiger partial charge in [0.25, 0.3) is 5.91 Å². The van der Waals surface area contributed by atoms with E-state index in [2.05, 4.69) is 5.32 Å². The van der Waals surface area contributed by atoms with E-state index in [1.807, 2.05) is 0 Å². The predicted octanol–water partition coefficient (Wildman–Crippen LogP) is 2.72. The van der Waals surface area contributed by atoms with Crippen LogP contribution in [-0.2, 0) is 17.5 Å². The van der Waals surface area contributed by atoms with Crippen molar-refractivity contribution in [3.8, 4) is 0 Å². The minimum atomic E-state index is -4.72. The van der Waals surface area contributed by atoms with Crippen molar-refractivity contribution in [2.75, 3.05) is 0 Å². The molecule has 1 unspecified atom stereocenters. The Morgan fingerprint density at radius 3 is 2.64 bits per heavy atom. The van der Waals surface area contributed by atoms with Gasteiger partial charge in [0, 0.05) is 11.3 Å². The van der Waals surface area contributed by atoms with Crippen LogP contribution in [0.1, 0.15) is 18.1 Å². The van der Waals surface area contributed by atoms with Gasteiger partial charge in [-0.15, -0.1) is 0 Å². The Labute approximate surface area is 136 Å². The van der Waals surface area contributed by atoms with E-state index in [9.17, 15) is 27.5 Å². The first-order chi connectivity index (χ1) is 10.1. The highest BCUT2D eigenvalue weighted by atomic mass is 127. The van der Waals surface area contributed by atoms with Crippen LogP contribution in [0.25, 0.3) is 0 Å². The summed E-state index contributed by atoms with van der Waals surface area (Å²) in [5.74, 6) is -1.56. The molecule has 0 aromatic heterocycles. The molecule has 1 amide bonds. The van der Waals surface area contributed by atoms with E-state index in [1.165, 1.54) is 6.92 Å². The largest absolute Gasteiger partial charge is 0.416 e. The van der Waals surface area contributed by atoms with Crippen LogP contribution < -0.4 is 5.32 Å². The summed E-state index contributed by atoms with van der Waals surface area (Å²) in [4.78, 5) is 12.6. The molecule has 0 saturated heterocycles. The van der Waals surface area contributed by atoms with Crippen molar-refractivity contribution in [3.05, 3.63) is 44.4 Å². The molecule has 1 aliphatic rings. The average molecular weight is 430 g/mol. The number of aliphatic hydroxyl groups excluding tert-OH is 1. The molecule has 9 heteroatoms. The van der Waals surface area contributed by atoms with Gasteiger partial charge in [-0.25, -0.2) is 4.39 Å². The second-order valence-electron chi connectivity index (χ2n) is 4.64. The lowest BCUT2D eigenvalue weighted by Crippen LogP contribution is -2.51.